The summed E-state index contributed by atoms with van der Waals surface area (Å²) in [6.45, 7) is 5.71. The van der Waals surface area contributed by atoms with Crippen LogP contribution < -0.4 is 19.1 Å². The number of rotatable bonds is 7. The van der Waals surface area contributed by atoms with E-state index < -0.39 is 0 Å². The van der Waals surface area contributed by atoms with Crippen LogP contribution in [0.4, 0.5) is 5.95 Å². The van der Waals surface area contributed by atoms with Crippen LogP contribution >= 0.6 is 0 Å². The molecule has 0 unspecified atom stereocenters. The van der Waals surface area contributed by atoms with Gasteiger partial charge in [0, 0.05) is 57.8 Å². The van der Waals surface area contributed by atoms with Gasteiger partial charge in [0.15, 0.2) is 23.0 Å². The fourth-order valence-electron chi connectivity index (χ4n) is 4.70. The molecule has 2 aliphatic heterocycles. The zero-order valence-corrected chi connectivity index (χ0v) is 21.1. The summed E-state index contributed by atoms with van der Waals surface area (Å²) in [5, 5.41) is 10.6. The smallest absolute Gasteiger partial charge is 0.229 e. The topological polar surface area (TPSA) is 83.4 Å². The average Bonchev–Trinajstić information content (AvgIpc) is 2.90. The zero-order chi connectivity index (χ0) is 25.1. The van der Waals surface area contributed by atoms with Crippen LogP contribution in [0.3, 0.4) is 0 Å². The molecular weight excluding hydrogens is 458 g/mol. The van der Waals surface area contributed by atoms with E-state index in [-0.39, 0.29) is 5.75 Å². The van der Waals surface area contributed by atoms with Crippen LogP contribution in [-0.4, -0.2) is 78.9 Å². The number of nitrogens with zero attached hydrogens (tertiary/aromatic N) is 5. The lowest BCUT2D eigenvalue weighted by atomic mass is 10.0. The molecule has 1 N–H and O–H groups in total. The molecule has 0 aliphatic carbocycles. The molecule has 1 fully saturated rings. The van der Waals surface area contributed by atoms with Crippen molar-refractivity contribution in [1.82, 2.24) is 19.8 Å². The van der Waals surface area contributed by atoms with Crippen LogP contribution in [0.5, 0.6) is 28.9 Å². The fourth-order valence-corrected chi connectivity index (χ4v) is 4.70. The third-order valence-corrected chi connectivity index (χ3v) is 6.85. The SMILES string of the molecule is COc1ccccc1Oc1nc(N2CCN(C)CC2)nc2c1CN(Cc1cccc(OC)c1O)CC2. The Kier molecular flexibility index (Phi) is 7.11. The van der Waals surface area contributed by atoms with E-state index in [4.69, 9.17) is 24.2 Å². The third-order valence-electron chi connectivity index (χ3n) is 6.85. The number of methoxy groups -OCH3 is 2. The van der Waals surface area contributed by atoms with Crippen molar-refractivity contribution in [2.24, 2.45) is 0 Å². The highest BCUT2D eigenvalue weighted by Crippen LogP contribution is 2.37. The second kappa shape index (κ2) is 10.6. The molecule has 9 nitrogen and oxygen atoms in total. The number of para-hydroxylation sites is 3. The lowest BCUT2D eigenvalue weighted by molar-refractivity contribution is 0.233. The van der Waals surface area contributed by atoms with E-state index in [0.717, 1.165) is 56.0 Å². The van der Waals surface area contributed by atoms with E-state index in [1.54, 1.807) is 20.3 Å². The zero-order valence-electron chi connectivity index (χ0n) is 21.1. The van der Waals surface area contributed by atoms with E-state index >= 15 is 0 Å². The number of hydrogen-bond acceptors (Lipinski definition) is 9. The third kappa shape index (κ3) is 5.03. The monoisotopic (exact) mass is 491 g/mol. The van der Waals surface area contributed by atoms with Crippen LogP contribution in [0.15, 0.2) is 42.5 Å². The number of hydrogen-bond donors (Lipinski definition) is 1. The summed E-state index contributed by atoms with van der Waals surface area (Å²) in [5.41, 5.74) is 2.79. The summed E-state index contributed by atoms with van der Waals surface area (Å²) in [6.07, 6.45) is 0.769. The maximum Gasteiger partial charge on any atom is 0.229 e. The van der Waals surface area contributed by atoms with E-state index in [1.807, 2.05) is 36.4 Å². The summed E-state index contributed by atoms with van der Waals surface area (Å²) in [6, 6.07) is 13.2. The standard InChI is InChI=1S/C27H33N5O4/c1-30-13-15-32(16-14-30)27-28-21-11-12-31(17-19-7-6-10-24(35-3)25(19)33)18-20(21)26(29-27)36-23-9-5-4-8-22(23)34-2/h4-10,33H,11-18H2,1-3H3. The molecule has 2 aliphatic rings. The van der Waals surface area contributed by atoms with Gasteiger partial charge in [0.25, 0.3) is 0 Å². The predicted molar refractivity (Wildman–Crippen MR) is 137 cm³/mol. The van der Waals surface area contributed by atoms with E-state index in [1.165, 1.54) is 0 Å². The first kappa shape index (κ1) is 24.1. The summed E-state index contributed by atoms with van der Waals surface area (Å²) in [7, 11) is 5.33. The maximum absolute atomic E-state index is 10.6. The highest BCUT2D eigenvalue weighted by Gasteiger charge is 2.27. The number of aromatic hydroxyl groups is 1. The quantitative estimate of drug-likeness (QED) is 0.535. The number of phenols is 1. The van der Waals surface area contributed by atoms with Gasteiger partial charge in [-0.1, -0.05) is 24.3 Å². The highest BCUT2D eigenvalue weighted by atomic mass is 16.5. The number of benzene rings is 2. The van der Waals surface area contributed by atoms with Gasteiger partial charge < -0.3 is 29.1 Å². The number of likely N-dealkylation sites (N-methyl/N-ethyl adjacent to an activating group) is 1. The molecule has 5 rings (SSSR count). The number of piperazine rings is 1. The Balaban J connectivity index is 1.46. The Labute approximate surface area is 211 Å². The largest absolute Gasteiger partial charge is 0.504 e. The second-order valence-corrected chi connectivity index (χ2v) is 9.23. The lowest BCUT2D eigenvalue weighted by Crippen LogP contribution is -2.45. The number of fused-ring (bicyclic) bond motifs is 1. The van der Waals surface area contributed by atoms with Crippen LogP contribution in [0, 0.1) is 0 Å². The molecule has 190 valence electrons. The molecule has 0 bridgehead atoms. The van der Waals surface area contributed by atoms with Crippen LogP contribution in [0.2, 0.25) is 0 Å². The molecule has 1 aromatic heterocycles. The van der Waals surface area contributed by atoms with Gasteiger partial charge in [-0.25, -0.2) is 4.98 Å². The normalized spacial score (nSPS) is 16.5. The van der Waals surface area contributed by atoms with Crippen molar-refractivity contribution in [2.45, 2.75) is 19.5 Å². The number of phenolic OH excluding ortho intramolecular Hbond substituents is 1. The van der Waals surface area contributed by atoms with Crippen LogP contribution in [0.1, 0.15) is 16.8 Å². The van der Waals surface area contributed by atoms with Gasteiger partial charge in [-0.15, -0.1) is 0 Å². The first-order valence-electron chi connectivity index (χ1n) is 12.3. The minimum atomic E-state index is 0.179. The van der Waals surface area contributed by atoms with Crippen LogP contribution in [-0.2, 0) is 19.5 Å². The molecular formula is C27H33N5O4. The molecule has 3 aromatic rings. The van der Waals surface area contributed by atoms with Crippen molar-refractivity contribution in [3.8, 4) is 28.9 Å². The molecule has 1 saturated heterocycles. The number of anilines is 1. The summed E-state index contributed by atoms with van der Waals surface area (Å²) < 4.78 is 17.2. The molecule has 2 aromatic carbocycles. The fraction of sp³-hybridized carbons (Fsp3) is 0.407. The molecule has 3 heterocycles. The first-order valence-corrected chi connectivity index (χ1v) is 12.3. The molecule has 0 spiro atoms. The molecule has 0 saturated carbocycles. The van der Waals surface area contributed by atoms with Gasteiger partial charge in [-0.2, -0.15) is 4.98 Å². The molecule has 9 heteroatoms. The van der Waals surface area contributed by atoms with Gasteiger partial charge in [-0.05, 0) is 25.2 Å². The summed E-state index contributed by atoms with van der Waals surface area (Å²) >= 11 is 0. The Morgan fingerprint density at radius 2 is 1.58 bits per heavy atom. The van der Waals surface area contributed by atoms with Crippen molar-refractivity contribution in [1.29, 1.82) is 0 Å². The maximum atomic E-state index is 10.6. The second-order valence-electron chi connectivity index (χ2n) is 9.23. The average molecular weight is 492 g/mol. The molecule has 0 atom stereocenters. The van der Waals surface area contributed by atoms with Crippen molar-refractivity contribution in [3.63, 3.8) is 0 Å². The van der Waals surface area contributed by atoms with Gasteiger partial charge in [-0.3, -0.25) is 4.90 Å². The minimum Gasteiger partial charge on any atom is -0.504 e. The van der Waals surface area contributed by atoms with E-state index in [9.17, 15) is 5.11 Å². The molecule has 36 heavy (non-hydrogen) atoms. The van der Waals surface area contributed by atoms with Crippen molar-refractivity contribution >= 4 is 5.95 Å². The Morgan fingerprint density at radius 1 is 0.861 bits per heavy atom. The van der Waals surface area contributed by atoms with Crippen LogP contribution in [0.25, 0.3) is 0 Å². The number of aromatic nitrogens is 2. The Hall–Kier alpha value is -3.56. The van der Waals surface area contributed by atoms with Gasteiger partial charge in [0.05, 0.1) is 25.5 Å². The van der Waals surface area contributed by atoms with E-state index in [0.29, 0.717) is 42.2 Å². The van der Waals surface area contributed by atoms with Crippen molar-refractivity contribution in [2.75, 3.05) is 58.9 Å². The Morgan fingerprint density at radius 3 is 2.33 bits per heavy atom. The van der Waals surface area contributed by atoms with E-state index in [2.05, 4.69) is 21.7 Å². The molecule has 0 radical (unpaired) electrons. The highest BCUT2D eigenvalue weighted by molar-refractivity contribution is 5.48. The molecule has 0 amide bonds. The van der Waals surface area contributed by atoms with Gasteiger partial charge in [0.1, 0.15) is 0 Å². The first-order chi connectivity index (χ1) is 17.6. The Bertz CT molecular complexity index is 1210. The number of ether oxygens (including phenoxy) is 3. The lowest BCUT2D eigenvalue weighted by Gasteiger charge is -2.34. The summed E-state index contributed by atoms with van der Waals surface area (Å²) in [5.74, 6) is 3.19. The van der Waals surface area contributed by atoms with Crippen molar-refractivity contribution < 1.29 is 19.3 Å². The van der Waals surface area contributed by atoms with Gasteiger partial charge in [0.2, 0.25) is 11.8 Å². The van der Waals surface area contributed by atoms with Gasteiger partial charge >= 0.3 is 0 Å². The summed E-state index contributed by atoms with van der Waals surface area (Å²) in [4.78, 5) is 16.7. The predicted octanol–water partition coefficient (Wildman–Crippen LogP) is 3.30. The van der Waals surface area contributed by atoms with Crippen molar-refractivity contribution in [3.05, 3.63) is 59.3 Å². The minimum absolute atomic E-state index is 0.179.